The molecular weight excluding hydrogens is 258 g/mol. The minimum atomic E-state index is 0.214. The highest BCUT2D eigenvalue weighted by Crippen LogP contribution is 2.29. The predicted molar refractivity (Wildman–Crippen MR) is 78.7 cm³/mol. The summed E-state index contributed by atoms with van der Waals surface area (Å²) in [5, 5.41) is 18.3. The van der Waals surface area contributed by atoms with Crippen LogP contribution in [0.3, 0.4) is 0 Å². The van der Waals surface area contributed by atoms with E-state index >= 15 is 0 Å². The van der Waals surface area contributed by atoms with E-state index < -0.39 is 0 Å². The van der Waals surface area contributed by atoms with Gasteiger partial charge in [-0.05, 0) is 18.4 Å². The average Bonchev–Trinajstić information content (AvgIpc) is 2.47. The Bertz CT molecular complexity index is 464. The lowest BCUT2D eigenvalue weighted by molar-refractivity contribution is 0.189. The van der Waals surface area contributed by atoms with Gasteiger partial charge >= 0.3 is 0 Å². The van der Waals surface area contributed by atoms with Gasteiger partial charge in [0.05, 0.1) is 17.9 Å². The standard InChI is InChI=1S/C14H19N3OS/c1-19-14-4-2-3-13(12(14)11-15)17-7-5-16(6-8-17)9-10-18/h2-4,18H,5-10H2,1H3. The van der Waals surface area contributed by atoms with Crippen molar-refractivity contribution in [2.75, 3.05) is 50.5 Å². The quantitative estimate of drug-likeness (QED) is 0.843. The maximum atomic E-state index is 9.36. The zero-order valence-corrected chi connectivity index (χ0v) is 12.0. The van der Waals surface area contributed by atoms with E-state index in [1.807, 2.05) is 24.5 Å². The first-order valence-corrected chi connectivity index (χ1v) is 7.68. The molecule has 0 aliphatic carbocycles. The van der Waals surface area contributed by atoms with Crippen LogP contribution in [0.15, 0.2) is 23.1 Å². The average molecular weight is 277 g/mol. The van der Waals surface area contributed by atoms with E-state index in [2.05, 4.69) is 15.9 Å². The summed E-state index contributed by atoms with van der Waals surface area (Å²) < 4.78 is 0. The lowest BCUT2D eigenvalue weighted by Crippen LogP contribution is -2.47. The van der Waals surface area contributed by atoms with Crippen LogP contribution < -0.4 is 4.90 Å². The molecule has 1 saturated heterocycles. The fraction of sp³-hybridized carbons (Fsp3) is 0.500. The lowest BCUT2D eigenvalue weighted by Gasteiger charge is -2.36. The molecule has 19 heavy (non-hydrogen) atoms. The summed E-state index contributed by atoms with van der Waals surface area (Å²) in [5.41, 5.74) is 1.82. The van der Waals surface area contributed by atoms with Crippen LogP contribution in [-0.2, 0) is 0 Å². The molecule has 0 bridgehead atoms. The summed E-state index contributed by atoms with van der Waals surface area (Å²) in [4.78, 5) is 5.56. The molecule has 0 aromatic heterocycles. The number of benzene rings is 1. The van der Waals surface area contributed by atoms with Gasteiger partial charge in [0.1, 0.15) is 6.07 Å². The molecule has 0 saturated carbocycles. The van der Waals surface area contributed by atoms with Gasteiger partial charge in [0.2, 0.25) is 0 Å². The van der Waals surface area contributed by atoms with E-state index in [4.69, 9.17) is 5.11 Å². The Labute approximate surface area is 118 Å². The van der Waals surface area contributed by atoms with Crippen LogP contribution in [-0.4, -0.2) is 55.6 Å². The Hall–Kier alpha value is -1.22. The van der Waals surface area contributed by atoms with Crippen molar-refractivity contribution in [2.45, 2.75) is 4.90 Å². The van der Waals surface area contributed by atoms with Crippen LogP contribution in [0.1, 0.15) is 5.56 Å². The Kier molecular flexibility index (Phi) is 5.08. The van der Waals surface area contributed by atoms with Crippen LogP contribution in [0, 0.1) is 11.3 Å². The first kappa shape index (κ1) is 14.2. The Morgan fingerprint density at radius 3 is 2.63 bits per heavy atom. The molecule has 1 aromatic carbocycles. The van der Waals surface area contributed by atoms with Gasteiger partial charge in [-0.25, -0.2) is 0 Å². The molecule has 1 heterocycles. The first-order valence-electron chi connectivity index (χ1n) is 6.45. The molecule has 102 valence electrons. The molecule has 1 N–H and O–H groups in total. The van der Waals surface area contributed by atoms with Crippen molar-refractivity contribution in [1.29, 1.82) is 5.26 Å². The van der Waals surface area contributed by atoms with Crippen molar-refractivity contribution in [3.8, 4) is 6.07 Å². The summed E-state index contributed by atoms with van der Waals surface area (Å²) in [5.74, 6) is 0. The first-order chi connectivity index (χ1) is 9.30. The molecule has 4 nitrogen and oxygen atoms in total. The molecule has 5 heteroatoms. The maximum Gasteiger partial charge on any atom is 0.103 e. The second-order valence-corrected chi connectivity index (χ2v) is 5.37. The van der Waals surface area contributed by atoms with Crippen molar-refractivity contribution in [3.63, 3.8) is 0 Å². The lowest BCUT2D eigenvalue weighted by atomic mass is 10.1. The highest BCUT2D eigenvalue weighted by molar-refractivity contribution is 7.98. The van der Waals surface area contributed by atoms with Crippen LogP contribution in [0.2, 0.25) is 0 Å². The highest BCUT2D eigenvalue weighted by atomic mass is 32.2. The fourth-order valence-corrected chi connectivity index (χ4v) is 2.99. The van der Waals surface area contributed by atoms with Crippen LogP contribution in [0.25, 0.3) is 0 Å². The molecule has 1 aliphatic rings. The summed E-state index contributed by atoms with van der Waals surface area (Å²) in [6.07, 6.45) is 2.00. The molecule has 0 radical (unpaired) electrons. The topological polar surface area (TPSA) is 50.5 Å². The fourth-order valence-electron chi connectivity index (χ4n) is 2.42. The molecule has 0 spiro atoms. The SMILES string of the molecule is CSc1cccc(N2CCN(CCO)CC2)c1C#N. The number of nitriles is 1. The number of piperazine rings is 1. The molecule has 1 aliphatic heterocycles. The van der Waals surface area contributed by atoms with E-state index in [1.54, 1.807) is 11.8 Å². The smallest absolute Gasteiger partial charge is 0.103 e. The number of β-amino-alcohol motifs (C(OH)–C–C–N with tert-alkyl or cyclic N) is 1. The van der Waals surface area contributed by atoms with Crippen molar-refractivity contribution in [3.05, 3.63) is 23.8 Å². The van der Waals surface area contributed by atoms with Crippen molar-refractivity contribution >= 4 is 17.4 Å². The van der Waals surface area contributed by atoms with E-state index in [0.717, 1.165) is 48.9 Å². The number of thioether (sulfide) groups is 1. The number of anilines is 1. The normalized spacial score (nSPS) is 16.4. The largest absolute Gasteiger partial charge is 0.395 e. The maximum absolute atomic E-state index is 9.36. The van der Waals surface area contributed by atoms with Crippen molar-refractivity contribution in [2.24, 2.45) is 0 Å². The van der Waals surface area contributed by atoms with Gasteiger partial charge in [-0.3, -0.25) is 4.90 Å². The van der Waals surface area contributed by atoms with Crippen molar-refractivity contribution in [1.82, 2.24) is 4.90 Å². The number of rotatable bonds is 4. The molecule has 1 aromatic rings. The molecule has 0 amide bonds. The minimum absolute atomic E-state index is 0.214. The number of aliphatic hydroxyl groups excluding tert-OH is 1. The zero-order valence-electron chi connectivity index (χ0n) is 11.2. The number of hydrogen-bond acceptors (Lipinski definition) is 5. The number of aliphatic hydroxyl groups is 1. The number of hydrogen-bond donors (Lipinski definition) is 1. The Morgan fingerprint density at radius 1 is 1.32 bits per heavy atom. The van der Waals surface area contributed by atoms with Gasteiger partial charge in [0, 0.05) is 37.6 Å². The number of nitrogens with zero attached hydrogens (tertiary/aromatic N) is 3. The highest BCUT2D eigenvalue weighted by Gasteiger charge is 2.19. The molecule has 0 atom stereocenters. The molecule has 1 fully saturated rings. The minimum Gasteiger partial charge on any atom is -0.395 e. The summed E-state index contributed by atoms with van der Waals surface area (Å²) in [6, 6.07) is 8.37. The summed E-state index contributed by atoms with van der Waals surface area (Å²) in [6.45, 7) is 4.65. The molecule has 0 unspecified atom stereocenters. The van der Waals surface area contributed by atoms with Crippen LogP contribution in [0.5, 0.6) is 0 Å². The Morgan fingerprint density at radius 2 is 2.05 bits per heavy atom. The zero-order chi connectivity index (χ0) is 13.7. The van der Waals surface area contributed by atoms with E-state index in [9.17, 15) is 5.26 Å². The third-order valence-corrected chi connectivity index (χ3v) is 4.25. The van der Waals surface area contributed by atoms with Gasteiger partial charge in [-0.2, -0.15) is 5.26 Å². The van der Waals surface area contributed by atoms with Gasteiger partial charge in [-0.15, -0.1) is 11.8 Å². The summed E-state index contributed by atoms with van der Waals surface area (Å²) in [7, 11) is 0. The predicted octanol–water partition coefficient (Wildman–Crippen LogP) is 1.39. The van der Waals surface area contributed by atoms with E-state index in [-0.39, 0.29) is 6.61 Å². The van der Waals surface area contributed by atoms with Crippen LogP contribution in [0.4, 0.5) is 5.69 Å². The van der Waals surface area contributed by atoms with Gasteiger partial charge in [0.15, 0.2) is 0 Å². The third-order valence-electron chi connectivity index (χ3n) is 3.47. The molecule has 2 rings (SSSR count). The van der Waals surface area contributed by atoms with E-state index in [1.165, 1.54) is 0 Å². The summed E-state index contributed by atoms with van der Waals surface area (Å²) >= 11 is 1.61. The third kappa shape index (κ3) is 3.21. The second kappa shape index (κ2) is 6.80. The Balaban J connectivity index is 2.14. The van der Waals surface area contributed by atoms with E-state index in [0.29, 0.717) is 0 Å². The van der Waals surface area contributed by atoms with Gasteiger partial charge < -0.3 is 10.0 Å². The van der Waals surface area contributed by atoms with Gasteiger partial charge in [0.25, 0.3) is 0 Å². The van der Waals surface area contributed by atoms with Crippen molar-refractivity contribution < 1.29 is 5.11 Å². The van der Waals surface area contributed by atoms with Crippen LogP contribution >= 0.6 is 11.8 Å². The van der Waals surface area contributed by atoms with Gasteiger partial charge in [-0.1, -0.05) is 6.07 Å². The second-order valence-electron chi connectivity index (χ2n) is 4.52. The molecular formula is C14H19N3OS. The monoisotopic (exact) mass is 277 g/mol.